The van der Waals surface area contributed by atoms with Gasteiger partial charge in [0, 0.05) is 29.4 Å². The number of ether oxygens (including phenoxy) is 1. The molecule has 5 aliphatic carbocycles. The summed E-state index contributed by atoms with van der Waals surface area (Å²) in [6.45, 7) is 17.7. The van der Waals surface area contributed by atoms with Crippen molar-refractivity contribution in [3.8, 4) is 0 Å². The number of esters is 1. The average Bonchev–Trinajstić information content (AvgIpc) is 2.94. The maximum Gasteiger partial charge on any atom is 0.302 e. The van der Waals surface area contributed by atoms with E-state index in [4.69, 9.17) is 27.9 Å². The van der Waals surface area contributed by atoms with E-state index in [2.05, 4.69) is 59.9 Å². The van der Waals surface area contributed by atoms with Crippen LogP contribution in [0.25, 0.3) is 0 Å². The first-order chi connectivity index (χ1) is 20.8. The molecule has 1 N–H and O–H groups in total. The zero-order chi connectivity index (χ0) is 33.0. The molecule has 9 unspecified atom stereocenters. The molecule has 4 fully saturated rings. The number of anilines is 1. The Labute approximate surface area is 279 Å². The van der Waals surface area contributed by atoms with Gasteiger partial charge in [0.1, 0.15) is 6.10 Å². The topological polar surface area (TPSA) is 72.5 Å². The van der Waals surface area contributed by atoms with Crippen LogP contribution in [0.15, 0.2) is 29.8 Å². The summed E-state index contributed by atoms with van der Waals surface area (Å²) in [5, 5.41) is 4.01. The second-order valence-corrected chi connectivity index (χ2v) is 18.1. The zero-order valence-electron chi connectivity index (χ0n) is 28.4. The van der Waals surface area contributed by atoms with Crippen LogP contribution in [0.3, 0.4) is 0 Å². The standard InChI is InChI=1S/C38H51Cl2NO4/c1-22(42)45-30-12-13-36(6)29(33(30,2)3)11-14-38(8)31(36)28(43)20-24-25-21-35(5,16-15-34(25,4)17-18-37(24,38)7)32(44)41-23-9-10-26(39)27(40)19-23/h9-10,19-20,25,29-31H,11-18,21H2,1-8H3,(H,41,44). The number of rotatable bonds is 3. The number of carbonyl (C=O) groups is 3. The smallest absolute Gasteiger partial charge is 0.302 e. The van der Waals surface area contributed by atoms with E-state index in [-0.39, 0.29) is 62.7 Å². The Balaban J connectivity index is 1.34. The van der Waals surface area contributed by atoms with Crippen molar-refractivity contribution in [2.24, 2.45) is 50.2 Å². The molecule has 246 valence electrons. The molecule has 5 aliphatic rings. The second kappa shape index (κ2) is 10.6. The Morgan fingerprint density at radius 1 is 0.889 bits per heavy atom. The minimum Gasteiger partial charge on any atom is -0.462 e. The van der Waals surface area contributed by atoms with E-state index >= 15 is 0 Å². The van der Waals surface area contributed by atoms with Crippen molar-refractivity contribution in [1.82, 2.24) is 0 Å². The summed E-state index contributed by atoms with van der Waals surface area (Å²) >= 11 is 12.4. The minimum atomic E-state index is -0.570. The molecule has 4 saturated carbocycles. The van der Waals surface area contributed by atoms with Gasteiger partial charge in [-0.15, -0.1) is 0 Å². The Hall–Kier alpha value is -1.85. The van der Waals surface area contributed by atoms with E-state index in [0.717, 1.165) is 57.8 Å². The largest absolute Gasteiger partial charge is 0.462 e. The van der Waals surface area contributed by atoms with Crippen LogP contribution in [0.5, 0.6) is 0 Å². The molecule has 7 heteroatoms. The number of allylic oxidation sites excluding steroid dienone is 2. The van der Waals surface area contributed by atoms with E-state index in [1.807, 2.05) is 0 Å². The fourth-order valence-electron chi connectivity index (χ4n) is 11.6. The zero-order valence-corrected chi connectivity index (χ0v) is 29.9. The molecule has 1 aromatic carbocycles. The molecule has 9 atom stereocenters. The minimum absolute atomic E-state index is 0.00169. The maximum atomic E-state index is 14.7. The van der Waals surface area contributed by atoms with Crippen LogP contribution < -0.4 is 5.32 Å². The van der Waals surface area contributed by atoms with Gasteiger partial charge >= 0.3 is 5.97 Å². The quantitative estimate of drug-likeness (QED) is 0.329. The monoisotopic (exact) mass is 655 g/mol. The molecule has 0 aliphatic heterocycles. The summed E-state index contributed by atoms with van der Waals surface area (Å²) in [6.07, 6.45) is 10.3. The van der Waals surface area contributed by atoms with Crippen molar-refractivity contribution >= 4 is 46.5 Å². The van der Waals surface area contributed by atoms with Gasteiger partial charge in [0.2, 0.25) is 5.91 Å². The van der Waals surface area contributed by atoms with Crippen molar-refractivity contribution in [2.45, 2.75) is 119 Å². The van der Waals surface area contributed by atoms with Gasteiger partial charge in [-0.25, -0.2) is 0 Å². The predicted molar refractivity (Wildman–Crippen MR) is 180 cm³/mol. The molecule has 1 amide bonds. The number of hydrogen-bond donors (Lipinski definition) is 1. The number of carbonyl (C=O) groups excluding carboxylic acids is 3. The van der Waals surface area contributed by atoms with Gasteiger partial charge in [-0.2, -0.15) is 0 Å². The Morgan fingerprint density at radius 3 is 2.24 bits per heavy atom. The normalized spacial score (nSPS) is 43.5. The summed E-state index contributed by atoms with van der Waals surface area (Å²) < 4.78 is 5.87. The molecule has 0 heterocycles. The lowest BCUT2D eigenvalue weighted by atomic mass is 9.33. The summed E-state index contributed by atoms with van der Waals surface area (Å²) in [7, 11) is 0. The van der Waals surface area contributed by atoms with Crippen LogP contribution in [0, 0.1) is 50.2 Å². The lowest BCUT2D eigenvalue weighted by molar-refractivity contribution is -0.210. The summed E-state index contributed by atoms with van der Waals surface area (Å²) in [4.78, 5) is 40.6. The van der Waals surface area contributed by atoms with E-state index in [0.29, 0.717) is 21.7 Å². The van der Waals surface area contributed by atoms with E-state index in [1.54, 1.807) is 18.2 Å². The molecule has 0 saturated heterocycles. The highest BCUT2D eigenvalue weighted by molar-refractivity contribution is 6.42. The summed E-state index contributed by atoms with van der Waals surface area (Å²) in [6, 6.07) is 5.21. The first-order valence-corrected chi connectivity index (χ1v) is 17.8. The fourth-order valence-corrected chi connectivity index (χ4v) is 11.9. The van der Waals surface area contributed by atoms with E-state index in [1.165, 1.54) is 12.5 Å². The maximum absolute atomic E-state index is 14.7. The highest BCUT2D eigenvalue weighted by Crippen LogP contribution is 2.75. The molecular weight excluding hydrogens is 605 g/mol. The summed E-state index contributed by atoms with van der Waals surface area (Å²) in [5.74, 6) is 0.435. The number of benzene rings is 1. The lowest BCUT2D eigenvalue weighted by Gasteiger charge is -2.70. The number of amides is 1. The lowest BCUT2D eigenvalue weighted by Crippen LogP contribution is -2.66. The number of ketones is 1. The van der Waals surface area contributed by atoms with Crippen LogP contribution in [0.1, 0.15) is 113 Å². The van der Waals surface area contributed by atoms with Crippen LogP contribution in [0.2, 0.25) is 10.0 Å². The molecule has 5 nitrogen and oxygen atoms in total. The number of halogens is 2. The molecule has 6 rings (SSSR count). The molecular formula is C38H51Cl2NO4. The van der Waals surface area contributed by atoms with Crippen molar-refractivity contribution in [2.75, 3.05) is 5.32 Å². The molecule has 1 aromatic rings. The fraction of sp³-hybridized carbons (Fsp3) is 0.711. The van der Waals surface area contributed by atoms with Gasteiger partial charge < -0.3 is 10.1 Å². The van der Waals surface area contributed by atoms with Gasteiger partial charge in [0.25, 0.3) is 0 Å². The highest BCUT2D eigenvalue weighted by Gasteiger charge is 2.70. The van der Waals surface area contributed by atoms with Gasteiger partial charge in [0.15, 0.2) is 5.78 Å². The van der Waals surface area contributed by atoms with Crippen LogP contribution in [-0.2, 0) is 19.1 Å². The first-order valence-electron chi connectivity index (χ1n) is 17.0. The van der Waals surface area contributed by atoms with Crippen molar-refractivity contribution < 1.29 is 19.1 Å². The van der Waals surface area contributed by atoms with Gasteiger partial charge in [-0.05, 0) is 116 Å². The molecule has 0 aromatic heterocycles. The Bertz CT molecular complexity index is 1490. The third kappa shape index (κ3) is 4.79. The Morgan fingerprint density at radius 2 is 1.58 bits per heavy atom. The molecule has 45 heavy (non-hydrogen) atoms. The van der Waals surface area contributed by atoms with Crippen molar-refractivity contribution in [3.05, 3.63) is 39.9 Å². The van der Waals surface area contributed by atoms with Crippen LogP contribution in [0.4, 0.5) is 5.69 Å². The average molecular weight is 657 g/mol. The van der Waals surface area contributed by atoms with Crippen LogP contribution >= 0.6 is 23.2 Å². The van der Waals surface area contributed by atoms with Crippen molar-refractivity contribution in [3.63, 3.8) is 0 Å². The summed E-state index contributed by atoms with van der Waals surface area (Å²) in [5.41, 5.74) is 0.752. The van der Waals surface area contributed by atoms with Crippen LogP contribution in [-0.4, -0.2) is 23.8 Å². The molecule has 0 bridgehead atoms. The van der Waals surface area contributed by atoms with E-state index in [9.17, 15) is 14.4 Å². The Kier molecular flexibility index (Phi) is 7.77. The number of fused-ring (bicyclic) bond motifs is 7. The van der Waals surface area contributed by atoms with Crippen molar-refractivity contribution in [1.29, 1.82) is 0 Å². The number of hydrogen-bond acceptors (Lipinski definition) is 4. The predicted octanol–water partition coefficient (Wildman–Crippen LogP) is 9.84. The number of nitrogens with one attached hydrogen (secondary N) is 1. The second-order valence-electron chi connectivity index (χ2n) is 17.3. The first kappa shape index (κ1) is 33.1. The molecule has 0 spiro atoms. The van der Waals surface area contributed by atoms with Gasteiger partial charge in [-0.3, -0.25) is 14.4 Å². The van der Waals surface area contributed by atoms with E-state index < -0.39 is 5.41 Å². The highest BCUT2D eigenvalue weighted by atomic mass is 35.5. The van der Waals surface area contributed by atoms with Gasteiger partial charge in [-0.1, -0.05) is 77.2 Å². The SMILES string of the molecule is CC(=O)OC1CCC2(C)C(CCC3(C)C2C(=O)C=C2C4CC(C)(C(=O)Nc5ccc(Cl)c(Cl)c5)CCC4(C)CCC23C)C1(C)C. The van der Waals surface area contributed by atoms with Gasteiger partial charge in [0.05, 0.1) is 10.0 Å². The third-order valence-corrected chi connectivity index (χ3v) is 15.3. The third-order valence-electron chi connectivity index (χ3n) is 14.5. The molecule has 0 radical (unpaired) electrons.